The zero-order valence-electron chi connectivity index (χ0n) is 19.9. The van der Waals surface area contributed by atoms with E-state index in [-0.39, 0.29) is 18.9 Å². The van der Waals surface area contributed by atoms with Crippen molar-refractivity contribution in [3.63, 3.8) is 0 Å². The van der Waals surface area contributed by atoms with Gasteiger partial charge in [0.15, 0.2) is 0 Å². The minimum absolute atomic E-state index is 0.0724. The average Bonchev–Trinajstić information content (AvgIpc) is 3.50. The Labute approximate surface area is 205 Å². The lowest BCUT2D eigenvalue weighted by Crippen LogP contribution is -2.43. The van der Waals surface area contributed by atoms with Crippen LogP contribution in [0.3, 0.4) is 0 Å². The number of aryl methyl sites for hydroxylation is 1. The van der Waals surface area contributed by atoms with Crippen molar-refractivity contribution in [2.24, 2.45) is 0 Å². The smallest absolute Gasteiger partial charge is 0.407 e. The second-order valence-corrected chi connectivity index (χ2v) is 9.37. The van der Waals surface area contributed by atoms with Crippen LogP contribution >= 0.6 is 0 Å². The molecule has 2 N–H and O–H groups in total. The number of hydrogen-bond donors (Lipinski definition) is 2. The van der Waals surface area contributed by atoms with Gasteiger partial charge in [-0.2, -0.15) is 0 Å². The van der Waals surface area contributed by atoms with Gasteiger partial charge in [-0.1, -0.05) is 54.6 Å². The van der Waals surface area contributed by atoms with Gasteiger partial charge in [-0.15, -0.1) is 0 Å². The lowest BCUT2D eigenvalue weighted by atomic mass is 9.98. The molecule has 1 saturated heterocycles. The molecule has 3 aromatic carbocycles. The molecule has 0 aromatic heterocycles. The number of aliphatic carboxylic acids is 1. The summed E-state index contributed by atoms with van der Waals surface area (Å²) in [6.07, 6.45) is 1.88. The third-order valence-electron chi connectivity index (χ3n) is 7.16. The molecule has 0 bridgehead atoms. The van der Waals surface area contributed by atoms with Crippen LogP contribution in [0.1, 0.15) is 41.0 Å². The first kappa shape index (κ1) is 23.0. The Morgan fingerprint density at radius 3 is 2.23 bits per heavy atom. The summed E-state index contributed by atoms with van der Waals surface area (Å²) in [6, 6.07) is 21.3. The lowest BCUT2D eigenvalue weighted by molar-refractivity contribution is -0.139. The molecule has 180 valence electrons. The number of carbonyl (C=O) groups excluding carboxylic acids is 1. The van der Waals surface area contributed by atoms with Gasteiger partial charge in [-0.05, 0) is 65.3 Å². The Balaban J connectivity index is 1.24. The Kier molecular flexibility index (Phi) is 6.45. The number of nitrogens with one attached hydrogen (secondary N) is 1. The average molecular weight is 471 g/mol. The number of carboxylic acids is 1. The molecule has 5 rings (SSSR count). The number of anilines is 1. The molecule has 1 heterocycles. The molecule has 0 radical (unpaired) electrons. The highest BCUT2D eigenvalue weighted by molar-refractivity contribution is 5.81. The van der Waals surface area contributed by atoms with E-state index in [0.29, 0.717) is 0 Å². The van der Waals surface area contributed by atoms with Crippen LogP contribution in [-0.2, 0) is 16.0 Å². The largest absolute Gasteiger partial charge is 0.480 e. The van der Waals surface area contributed by atoms with Crippen molar-refractivity contribution in [1.82, 2.24) is 5.32 Å². The quantitative estimate of drug-likeness (QED) is 0.501. The van der Waals surface area contributed by atoms with E-state index in [1.165, 1.54) is 18.5 Å². The molecule has 1 unspecified atom stereocenters. The standard InChI is InChI=1S/C29H30N2O4/c1-19-16-21(31-14-6-7-15-31)13-12-20(19)17-27(28(32)33)30-29(34)35-18-26-24-10-4-2-8-22(24)23-9-3-5-11-25(23)26/h2-5,8-13,16,26-27H,6-7,14-15,17-18H2,1H3,(H,30,34)(H,32,33). The van der Waals surface area contributed by atoms with Gasteiger partial charge in [0.1, 0.15) is 12.6 Å². The molecular weight excluding hydrogens is 440 g/mol. The number of rotatable bonds is 7. The number of ether oxygens (including phenoxy) is 1. The van der Waals surface area contributed by atoms with Crippen LogP contribution in [0.25, 0.3) is 11.1 Å². The summed E-state index contributed by atoms with van der Waals surface area (Å²) in [7, 11) is 0. The Bertz CT molecular complexity index is 1200. The molecule has 3 aromatic rings. The van der Waals surface area contributed by atoms with E-state index in [1.54, 1.807) is 0 Å². The number of fused-ring (bicyclic) bond motifs is 3. The van der Waals surface area contributed by atoms with E-state index in [0.717, 1.165) is 46.5 Å². The van der Waals surface area contributed by atoms with Crippen molar-refractivity contribution in [2.75, 3.05) is 24.6 Å². The van der Waals surface area contributed by atoms with Gasteiger partial charge in [0.2, 0.25) is 0 Å². The van der Waals surface area contributed by atoms with E-state index in [9.17, 15) is 14.7 Å². The Hall–Kier alpha value is -3.80. The maximum absolute atomic E-state index is 12.6. The molecule has 1 aliphatic heterocycles. The monoisotopic (exact) mass is 470 g/mol. The zero-order chi connectivity index (χ0) is 24.4. The van der Waals surface area contributed by atoms with E-state index < -0.39 is 18.1 Å². The fourth-order valence-corrected chi connectivity index (χ4v) is 5.28. The summed E-state index contributed by atoms with van der Waals surface area (Å²) in [4.78, 5) is 26.9. The maximum Gasteiger partial charge on any atom is 0.407 e. The van der Waals surface area contributed by atoms with Crippen molar-refractivity contribution in [1.29, 1.82) is 0 Å². The van der Waals surface area contributed by atoms with Crippen molar-refractivity contribution in [2.45, 2.75) is 38.1 Å². The molecule has 2 aliphatic rings. The van der Waals surface area contributed by atoms with Crippen molar-refractivity contribution >= 4 is 17.7 Å². The number of carboxylic acid groups (broad SMARTS) is 1. The molecular formula is C29H30N2O4. The SMILES string of the molecule is Cc1cc(N2CCCC2)ccc1CC(NC(=O)OCC1c2ccccc2-c2ccccc21)C(=O)O. The van der Waals surface area contributed by atoms with E-state index >= 15 is 0 Å². The van der Waals surface area contributed by atoms with Crippen LogP contribution in [0.2, 0.25) is 0 Å². The fourth-order valence-electron chi connectivity index (χ4n) is 5.28. The first-order chi connectivity index (χ1) is 17.0. The lowest BCUT2D eigenvalue weighted by Gasteiger charge is -2.21. The minimum Gasteiger partial charge on any atom is -0.480 e. The Morgan fingerprint density at radius 1 is 1.00 bits per heavy atom. The van der Waals surface area contributed by atoms with Crippen molar-refractivity contribution < 1.29 is 19.4 Å². The molecule has 1 atom stereocenters. The van der Waals surface area contributed by atoms with E-state index in [4.69, 9.17) is 4.74 Å². The molecule has 1 aliphatic carbocycles. The third-order valence-corrected chi connectivity index (χ3v) is 7.16. The highest BCUT2D eigenvalue weighted by atomic mass is 16.5. The zero-order valence-corrected chi connectivity index (χ0v) is 19.9. The summed E-state index contributed by atoms with van der Waals surface area (Å²) in [5, 5.41) is 12.3. The molecule has 6 nitrogen and oxygen atoms in total. The van der Waals surface area contributed by atoms with Gasteiger partial charge in [-0.25, -0.2) is 9.59 Å². The van der Waals surface area contributed by atoms with Gasteiger partial charge in [0.25, 0.3) is 0 Å². The topological polar surface area (TPSA) is 78.9 Å². The molecule has 1 fully saturated rings. The van der Waals surface area contributed by atoms with Crippen LogP contribution in [0.4, 0.5) is 10.5 Å². The minimum atomic E-state index is -1.08. The van der Waals surface area contributed by atoms with Gasteiger partial charge >= 0.3 is 12.1 Å². The first-order valence-electron chi connectivity index (χ1n) is 12.2. The molecule has 35 heavy (non-hydrogen) atoms. The fraction of sp³-hybridized carbons (Fsp3) is 0.310. The highest BCUT2D eigenvalue weighted by Crippen LogP contribution is 2.44. The van der Waals surface area contributed by atoms with Crippen molar-refractivity contribution in [3.8, 4) is 11.1 Å². The molecule has 0 spiro atoms. The molecule has 1 amide bonds. The summed E-state index contributed by atoms with van der Waals surface area (Å²) >= 11 is 0. The molecule has 0 saturated carbocycles. The second kappa shape index (κ2) is 9.82. The van der Waals surface area contributed by atoms with E-state index in [2.05, 4.69) is 40.5 Å². The maximum atomic E-state index is 12.6. The van der Waals surface area contributed by atoms with Gasteiger partial charge in [0, 0.05) is 31.1 Å². The van der Waals surface area contributed by atoms with Crippen LogP contribution in [-0.4, -0.2) is 42.9 Å². The van der Waals surface area contributed by atoms with Crippen molar-refractivity contribution in [3.05, 3.63) is 89.0 Å². The molecule has 6 heteroatoms. The number of benzene rings is 3. The second-order valence-electron chi connectivity index (χ2n) is 9.37. The van der Waals surface area contributed by atoms with Gasteiger partial charge in [-0.3, -0.25) is 0 Å². The van der Waals surface area contributed by atoms with Crippen LogP contribution < -0.4 is 10.2 Å². The number of nitrogens with zero attached hydrogens (tertiary/aromatic N) is 1. The van der Waals surface area contributed by atoms with Gasteiger partial charge in [0.05, 0.1) is 0 Å². The highest BCUT2D eigenvalue weighted by Gasteiger charge is 2.30. The predicted octanol–water partition coefficient (Wildman–Crippen LogP) is 5.13. The predicted molar refractivity (Wildman–Crippen MR) is 136 cm³/mol. The summed E-state index contributed by atoms with van der Waals surface area (Å²) in [5.41, 5.74) is 7.62. The number of alkyl carbamates (subject to hydrolysis) is 1. The third kappa shape index (κ3) is 4.74. The Morgan fingerprint density at radius 2 is 1.63 bits per heavy atom. The van der Waals surface area contributed by atoms with Crippen LogP contribution in [0, 0.1) is 6.92 Å². The van der Waals surface area contributed by atoms with E-state index in [1.807, 2.05) is 43.3 Å². The summed E-state index contributed by atoms with van der Waals surface area (Å²) in [5.74, 6) is -1.15. The van der Waals surface area contributed by atoms with Crippen LogP contribution in [0.5, 0.6) is 0 Å². The first-order valence-corrected chi connectivity index (χ1v) is 12.2. The normalized spacial score (nSPS) is 15.4. The number of carbonyl (C=O) groups is 2. The number of amides is 1. The van der Waals surface area contributed by atoms with Crippen LogP contribution in [0.15, 0.2) is 66.7 Å². The summed E-state index contributed by atoms with van der Waals surface area (Å²) < 4.78 is 5.55. The van der Waals surface area contributed by atoms with Gasteiger partial charge < -0.3 is 20.1 Å². The summed E-state index contributed by atoms with van der Waals surface area (Å²) in [6.45, 7) is 4.25. The number of hydrogen-bond acceptors (Lipinski definition) is 4.